The Labute approximate surface area is 174 Å². The van der Waals surface area contributed by atoms with E-state index in [4.69, 9.17) is 0 Å². The smallest absolute Gasteiger partial charge is 0.225 e. The molecule has 0 aromatic heterocycles. The van der Waals surface area contributed by atoms with Crippen LogP contribution in [0.2, 0.25) is 0 Å². The topological polar surface area (TPSA) is 47.6 Å². The van der Waals surface area contributed by atoms with E-state index in [9.17, 15) is 4.79 Å². The van der Waals surface area contributed by atoms with Gasteiger partial charge in [-0.3, -0.25) is 4.79 Å². The third kappa shape index (κ3) is 5.10. The lowest BCUT2D eigenvalue weighted by molar-refractivity contribution is -0.129. The maximum atomic E-state index is 12.1. The highest BCUT2D eigenvalue weighted by molar-refractivity contribution is 5.80. The van der Waals surface area contributed by atoms with Crippen LogP contribution in [-0.2, 0) is 11.3 Å². The number of amides is 1. The normalized spacial score (nSPS) is 18.3. The number of likely N-dealkylation sites (tertiary alicyclic amines) is 1. The summed E-state index contributed by atoms with van der Waals surface area (Å²) < 4.78 is 0. The summed E-state index contributed by atoms with van der Waals surface area (Å²) in [5, 5.41) is 6.50. The minimum atomic E-state index is 0.150. The maximum absolute atomic E-state index is 12.1. The second kappa shape index (κ2) is 8.87. The lowest BCUT2D eigenvalue weighted by atomic mass is 9.99. The number of carbonyl (C=O) groups is 1. The Morgan fingerprint density at radius 1 is 0.966 bits per heavy atom. The Kier molecular flexibility index (Phi) is 6.05. The Hall–Kier alpha value is -2.53. The third-order valence-corrected chi connectivity index (χ3v) is 6.16. The summed E-state index contributed by atoms with van der Waals surface area (Å²) in [6.07, 6.45) is 2.56. The van der Waals surface area contributed by atoms with Gasteiger partial charge in [0.25, 0.3) is 0 Å². The van der Waals surface area contributed by atoms with Gasteiger partial charge in [0.1, 0.15) is 0 Å². The molecule has 1 amide bonds. The van der Waals surface area contributed by atoms with Crippen molar-refractivity contribution in [2.24, 2.45) is 11.8 Å². The Morgan fingerprint density at radius 2 is 1.55 bits per heavy atom. The van der Waals surface area contributed by atoms with Crippen LogP contribution in [0.3, 0.4) is 0 Å². The Morgan fingerprint density at radius 3 is 2.14 bits per heavy atom. The van der Waals surface area contributed by atoms with Crippen LogP contribution in [0, 0.1) is 11.8 Å². The minimum Gasteiger partial charge on any atom is -0.372 e. The molecule has 5 heteroatoms. The van der Waals surface area contributed by atoms with Crippen LogP contribution in [0.5, 0.6) is 0 Å². The van der Waals surface area contributed by atoms with E-state index in [2.05, 4.69) is 75.9 Å². The molecule has 0 atom stereocenters. The molecule has 154 valence electrons. The van der Waals surface area contributed by atoms with E-state index in [1.54, 1.807) is 0 Å². The van der Waals surface area contributed by atoms with E-state index >= 15 is 0 Å². The van der Waals surface area contributed by atoms with Crippen LogP contribution in [0.4, 0.5) is 17.1 Å². The quantitative estimate of drug-likeness (QED) is 0.784. The zero-order valence-electron chi connectivity index (χ0n) is 17.5. The predicted octanol–water partition coefficient (Wildman–Crippen LogP) is 3.84. The molecule has 0 bridgehead atoms. The number of nitrogens with zero attached hydrogens (tertiary/aromatic N) is 2. The van der Waals surface area contributed by atoms with Crippen molar-refractivity contribution in [1.29, 1.82) is 0 Å². The molecule has 2 aromatic rings. The van der Waals surface area contributed by atoms with Gasteiger partial charge < -0.3 is 20.4 Å². The summed E-state index contributed by atoms with van der Waals surface area (Å²) >= 11 is 0. The highest BCUT2D eigenvalue weighted by atomic mass is 16.2. The van der Waals surface area contributed by atoms with Crippen molar-refractivity contribution >= 4 is 23.0 Å². The summed E-state index contributed by atoms with van der Waals surface area (Å²) in [6, 6.07) is 17.0. The van der Waals surface area contributed by atoms with Crippen molar-refractivity contribution in [1.82, 2.24) is 10.2 Å². The molecule has 2 fully saturated rings. The van der Waals surface area contributed by atoms with Gasteiger partial charge in [-0.1, -0.05) is 19.1 Å². The van der Waals surface area contributed by atoms with Crippen molar-refractivity contribution in [3.8, 4) is 0 Å². The van der Waals surface area contributed by atoms with Gasteiger partial charge in [-0.05, 0) is 67.8 Å². The lowest BCUT2D eigenvalue weighted by Gasteiger charge is -2.34. The second-order valence-corrected chi connectivity index (χ2v) is 8.67. The number of carbonyl (C=O) groups excluding carboxylic acids is 1. The van der Waals surface area contributed by atoms with Crippen LogP contribution in [-0.4, -0.2) is 44.0 Å². The van der Waals surface area contributed by atoms with Gasteiger partial charge in [0.05, 0.1) is 5.92 Å². The monoisotopic (exact) mass is 392 g/mol. The predicted molar refractivity (Wildman–Crippen MR) is 120 cm³/mol. The maximum Gasteiger partial charge on any atom is 0.225 e. The molecule has 0 spiro atoms. The molecule has 4 rings (SSSR count). The summed E-state index contributed by atoms with van der Waals surface area (Å²) in [4.78, 5) is 16.7. The molecule has 0 saturated carbocycles. The molecule has 0 unspecified atom stereocenters. The van der Waals surface area contributed by atoms with Gasteiger partial charge in [0.15, 0.2) is 0 Å². The Bertz CT molecular complexity index is 804. The first-order valence-electron chi connectivity index (χ1n) is 10.7. The van der Waals surface area contributed by atoms with Crippen LogP contribution in [0.1, 0.15) is 25.3 Å². The summed E-state index contributed by atoms with van der Waals surface area (Å²) in [7, 11) is 2.04. The van der Waals surface area contributed by atoms with Crippen LogP contribution >= 0.6 is 0 Å². The van der Waals surface area contributed by atoms with Gasteiger partial charge in [-0.25, -0.2) is 0 Å². The molecule has 2 N–H and O–H groups in total. The molecule has 0 aliphatic carbocycles. The fraction of sp³-hybridized carbons (Fsp3) is 0.458. The van der Waals surface area contributed by atoms with Gasteiger partial charge in [-0.15, -0.1) is 0 Å². The van der Waals surface area contributed by atoms with Crippen molar-refractivity contribution in [2.75, 3.05) is 43.4 Å². The first-order chi connectivity index (χ1) is 14.1. The molecule has 0 radical (unpaired) electrons. The second-order valence-electron chi connectivity index (χ2n) is 8.67. The van der Waals surface area contributed by atoms with Crippen molar-refractivity contribution < 1.29 is 4.79 Å². The number of hydrogen-bond acceptors (Lipinski definition) is 4. The number of benzene rings is 2. The highest BCUT2D eigenvalue weighted by Gasteiger charge is 2.29. The standard InChI is InChI=1S/C24H32N4O/c1-18-11-13-28(14-12-18)23-9-7-22(8-10-23)26-21-5-3-19(4-6-21)15-25-24(29)20-16-27(2)17-20/h3-10,18,20,26H,11-17H2,1-2H3,(H,25,29). The molecular formula is C24H32N4O. The van der Waals surface area contributed by atoms with Gasteiger partial charge in [0.2, 0.25) is 5.91 Å². The highest BCUT2D eigenvalue weighted by Crippen LogP contribution is 2.25. The van der Waals surface area contributed by atoms with Crippen LogP contribution < -0.4 is 15.5 Å². The lowest BCUT2D eigenvalue weighted by Crippen LogP contribution is -2.51. The average molecular weight is 393 g/mol. The SMILES string of the molecule is CC1CCN(c2ccc(Nc3ccc(CNC(=O)C4CN(C)C4)cc3)cc2)CC1. The number of hydrogen-bond donors (Lipinski definition) is 2. The van der Waals surface area contributed by atoms with E-state index < -0.39 is 0 Å². The van der Waals surface area contributed by atoms with Crippen LogP contribution in [0.15, 0.2) is 48.5 Å². The summed E-state index contributed by atoms with van der Waals surface area (Å²) in [5.41, 5.74) is 4.58. The third-order valence-electron chi connectivity index (χ3n) is 6.16. The van der Waals surface area contributed by atoms with E-state index in [0.29, 0.717) is 6.54 Å². The van der Waals surface area contributed by atoms with Gasteiger partial charge in [-0.2, -0.15) is 0 Å². The molecule has 2 aliphatic heterocycles. The summed E-state index contributed by atoms with van der Waals surface area (Å²) in [6.45, 7) is 6.97. The molecule has 2 aliphatic rings. The minimum absolute atomic E-state index is 0.150. The van der Waals surface area contributed by atoms with Gasteiger partial charge in [0, 0.05) is 49.8 Å². The van der Waals surface area contributed by atoms with Gasteiger partial charge >= 0.3 is 0 Å². The molecule has 2 heterocycles. The molecule has 2 saturated heterocycles. The number of piperidine rings is 1. The number of anilines is 3. The fourth-order valence-electron chi connectivity index (χ4n) is 4.09. The summed E-state index contributed by atoms with van der Waals surface area (Å²) in [5.74, 6) is 1.16. The van der Waals surface area contributed by atoms with E-state index in [0.717, 1.165) is 49.0 Å². The van der Waals surface area contributed by atoms with Crippen molar-refractivity contribution in [3.63, 3.8) is 0 Å². The van der Waals surface area contributed by atoms with Crippen LogP contribution in [0.25, 0.3) is 0 Å². The molecule has 29 heavy (non-hydrogen) atoms. The first-order valence-corrected chi connectivity index (χ1v) is 10.7. The van der Waals surface area contributed by atoms with Crippen molar-refractivity contribution in [2.45, 2.75) is 26.3 Å². The van der Waals surface area contributed by atoms with E-state index in [1.807, 2.05) is 7.05 Å². The molecular weight excluding hydrogens is 360 g/mol. The molecule has 2 aromatic carbocycles. The zero-order valence-corrected chi connectivity index (χ0v) is 17.5. The van der Waals surface area contributed by atoms with E-state index in [-0.39, 0.29) is 11.8 Å². The average Bonchev–Trinajstić information content (AvgIpc) is 2.72. The molecule has 5 nitrogen and oxygen atoms in total. The largest absolute Gasteiger partial charge is 0.372 e. The van der Waals surface area contributed by atoms with Crippen molar-refractivity contribution in [3.05, 3.63) is 54.1 Å². The fourth-order valence-corrected chi connectivity index (χ4v) is 4.09. The zero-order chi connectivity index (χ0) is 20.2. The first kappa shape index (κ1) is 19.8. The number of rotatable bonds is 6. The number of nitrogens with one attached hydrogen (secondary N) is 2. The Balaban J connectivity index is 1.26. The van der Waals surface area contributed by atoms with E-state index in [1.165, 1.54) is 18.5 Å².